The minimum absolute atomic E-state index is 0.203. The van der Waals surface area contributed by atoms with Crippen molar-refractivity contribution < 1.29 is 8.42 Å². The molecule has 1 aliphatic heterocycles. The van der Waals surface area contributed by atoms with Crippen LogP contribution < -0.4 is 9.73 Å². The lowest BCUT2D eigenvalue weighted by atomic mass is 10.2. The van der Waals surface area contributed by atoms with Crippen LogP contribution in [0.25, 0.3) is 0 Å². The fraction of sp³-hybridized carbons (Fsp3) is 0.278. The monoisotopic (exact) mass is 343 g/mol. The predicted octanol–water partition coefficient (Wildman–Crippen LogP) is 2.91. The summed E-state index contributed by atoms with van der Waals surface area (Å²) in [4.78, 5) is 4.80. The van der Waals surface area contributed by atoms with Crippen LogP contribution in [0.4, 0.5) is 5.69 Å². The normalized spacial score (nSPS) is 15.1. The van der Waals surface area contributed by atoms with Crippen molar-refractivity contribution in [1.82, 2.24) is 4.83 Å². The van der Waals surface area contributed by atoms with Gasteiger partial charge in [-0.2, -0.15) is 13.5 Å². The molecule has 0 spiro atoms. The first-order valence-electron chi connectivity index (χ1n) is 8.01. The van der Waals surface area contributed by atoms with Crippen molar-refractivity contribution >= 4 is 21.9 Å². The largest absolute Gasteiger partial charge is 0.372 e. The highest BCUT2D eigenvalue weighted by Gasteiger charge is 2.12. The molecule has 0 radical (unpaired) electrons. The molecular weight excluding hydrogens is 322 g/mol. The van der Waals surface area contributed by atoms with Crippen molar-refractivity contribution in [3.63, 3.8) is 0 Å². The zero-order chi connectivity index (χ0) is 17.0. The number of sulfonamides is 1. The molecule has 0 atom stereocenters. The first kappa shape index (κ1) is 16.5. The third-order valence-corrected chi connectivity index (χ3v) is 5.32. The molecule has 0 aromatic heterocycles. The second-order valence-corrected chi connectivity index (χ2v) is 7.61. The maximum absolute atomic E-state index is 12.1. The van der Waals surface area contributed by atoms with Crippen LogP contribution >= 0.6 is 0 Å². The van der Waals surface area contributed by atoms with Gasteiger partial charge in [-0.05, 0) is 49.6 Å². The number of nitrogens with one attached hydrogen (secondary N) is 1. The quantitative estimate of drug-likeness (QED) is 0.671. The summed E-state index contributed by atoms with van der Waals surface area (Å²) >= 11 is 0. The van der Waals surface area contributed by atoms with Gasteiger partial charge in [0.1, 0.15) is 0 Å². The maximum Gasteiger partial charge on any atom is 0.276 e. The van der Waals surface area contributed by atoms with E-state index in [1.54, 1.807) is 24.3 Å². The third kappa shape index (κ3) is 3.94. The Labute approximate surface area is 143 Å². The Morgan fingerprint density at radius 3 is 2.25 bits per heavy atom. The van der Waals surface area contributed by atoms with Gasteiger partial charge in [-0.3, -0.25) is 0 Å². The van der Waals surface area contributed by atoms with Crippen molar-refractivity contribution in [2.75, 3.05) is 18.0 Å². The van der Waals surface area contributed by atoms with E-state index in [1.165, 1.54) is 24.7 Å². The minimum atomic E-state index is -3.62. The number of hydrogen-bond donors (Lipinski definition) is 1. The van der Waals surface area contributed by atoms with Gasteiger partial charge in [0.25, 0.3) is 10.0 Å². The van der Waals surface area contributed by atoms with E-state index < -0.39 is 10.0 Å². The summed E-state index contributed by atoms with van der Waals surface area (Å²) in [6.07, 6.45) is 3.99. The van der Waals surface area contributed by atoms with Gasteiger partial charge in [0.2, 0.25) is 0 Å². The molecule has 6 heteroatoms. The lowest BCUT2D eigenvalue weighted by Gasteiger charge is -2.17. The fourth-order valence-corrected chi connectivity index (χ4v) is 3.48. The van der Waals surface area contributed by atoms with E-state index >= 15 is 0 Å². The molecular formula is C18H21N3O2S. The van der Waals surface area contributed by atoms with Gasteiger partial charge in [0.05, 0.1) is 11.1 Å². The van der Waals surface area contributed by atoms with Gasteiger partial charge < -0.3 is 4.90 Å². The summed E-state index contributed by atoms with van der Waals surface area (Å²) in [5, 5.41) is 3.86. The van der Waals surface area contributed by atoms with Crippen molar-refractivity contribution in [1.29, 1.82) is 0 Å². The van der Waals surface area contributed by atoms with Crippen molar-refractivity contribution in [3.05, 3.63) is 59.7 Å². The molecule has 1 N–H and O–H groups in total. The lowest BCUT2D eigenvalue weighted by Crippen LogP contribution is -2.18. The van der Waals surface area contributed by atoms with E-state index in [0.717, 1.165) is 24.2 Å². The molecule has 0 amide bonds. The van der Waals surface area contributed by atoms with Crippen LogP contribution in [0.5, 0.6) is 0 Å². The highest BCUT2D eigenvalue weighted by Crippen LogP contribution is 2.20. The standard InChI is InChI=1S/C18H21N3O2S/c1-15-4-10-18(11-5-15)24(22,23)20-19-14-16-6-8-17(9-7-16)21-12-2-3-13-21/h4-11,14,20H,2-3,12-13H2,1H3/b19-14-. The van der Waals surface area contributed by atoms with E-state index in [4.69, 9.17) is 0 Å². The van der Waals surface area contributed by atoms with Crippen LogP contribution in [0.3, 0.4) is 0 Å². The summed E-state index contributed by atoms with van der Waals surface area (Å²) < 4.78 is 24.3. The van der Waals surface area contributed by atoms with Gasteiger partial charge in [0.15, 0.2) is 0 Å². The third-order valence-electron chi connectivity index (χ3n) is 4.08. The number of hydrogen-bond acceptors (Lipinski definition) is 4. The van der Waals surface area contributed by atoms with Crippen LogP contribution in [-0.2, 0) is 10.0 Å². The molecule has 5 nitrogen and oxygen atoms in total. The molecule has 24 heavy (non-hydrogen) atoms. The summed E-state index contributed by atoms with van der Waals surface area (Å²) in [5.74, 6) is 0. The Balaban J connectivity index is 1.64. The molecule has 2 aromatic rings. The number of aryl methyl sites for hydroxylation is 1. The summed E-state index contributed by atoms with van der Waals surface area (Å²) in [7, 11) is -3.62. The molecule has 0 aliphatic carbocycles. The molecule has 1 aliphatic rings. The van der Waals surface area contributed by atoms with Crippen molar-refractivity contribution in [2.45, 2.75) is 24.7 Å². The Bertz CT molecular complexity index is 806. The maximum atomic E-state index is 12.1. The molecule has 126 valence electrons. The van der Waals surface area contributed by atoms with E-state index in [2.05, 4.69) is 14.8 Å². The van der Waals surface area contributed by atoms with Gasteiger partial charge in [0, 0.05) is 18.8 Å². The van der Waals surface area contributed by atoms with Crippen LogP contribution in [0.2, 0.25) is 0 Å². The van der Waals surface area contributed by atoms with Crippen LogP contribution in [0.15, 0.2) is 58.5 Å². The van der Waals surface area contributed by atoms with E-state index in [9.17, 15) is 8.42 Å². The topological polar surface area (TPSA) is 61.8 Å². The van der Waals surface area contributed by atoms with E-state index in [1.807, 2.05) is 31.2 Å². The van der Waals surface area contributed by atoms with Gasteiger partial charge in [-0.1, -0.05) is 29.8 Å². The molecule has 0 saturated carbocycles. The van der Waals surface area contributed by atoms with Gasteiger partial charge in [-0.15, -0.1) is 0 Å². The number of anilines is 1. The molecule has 0 unspecified atom stereocenters. The predicted molar refractivity (Wildman–Crippen MR) is 97.0 cm³/mol. The first-order valence-corrected chi connectivity index (χ1v) is 9.49. The van der Waals surface area contributed by atoms with Crippen LogP contribution in [0, 0.1) is 6.92 Å². The van der Waals surface area contributed by atoms with Crippen molar-refractivity contribution in [2.24, 2.45) is 5.10 Å². The Morgan fingerprint density at radius 1 is 1.00 bits per heavy atom. The minimum Gasteiger partial charge on any atom is -0.372 e. The van der Waals surface area contributed by atoms with E-state index in [-0.39, 0.29) is 4.90 Å². The zero-order valence-electron chi connectivity index (χ0n) is 13.6. The van der Waals surface area contributed by atoms with Crippen LogP contribution in [-0.4, -0.2) is 27.7 Å². The Kier molecular flexibility index (Phi) is 4.85. The SMILES string of the molecule is Cc1ccc(S(=O)(=O)N/N=C\c2ccc(N3CCCC3)cc2)cc1. The second kappa shape index (κ2) is 7.05. The zero-order valence-corrected chi connectivity index (χ0v) is 14.5. The average Bonchev–Trinajstić information content (AvgIpc) is 3.10. The molecule has 0 bridgehead atoms. The Morgan fingerprint density at radius 2 is 1.62 bits per heavy atom. The smallest absolute Gasteiger partial charge is 0.276 e. The number of hydrazone groups is 1. The van der Waals surface area contributed by atoms with Gasteiger partial charge in [-0.25, -0.2) is 4.83 Å². The fourth-order valence-electron chi connectivity index (χ4n) is 2.69. The molecule has 3 rings (SSSR count). The number of rotatable bonds is 5. The molecule has 1 saturated heterocycles. The Hall–Kier alpha value is -2.34. The van der Waals surface area contributed by atoms with Crippen molar-refractivity contribution in [3.8, 4) is 0 Å². The number of nitrogens with zero attached hydrogens (tertiary/aromatic N) is 2. The van der Waals surface area contributed by atoms with Crippen LogP contribution in [0.1, 0.15) is 24.0 Å². The summed E-state index contributed by atoms with van der Waals surface area (Å²) in [5.41, 5.74) is 3.06. The molecule has 2 aromatic carbocycles. The van der Waals surface area contributed by atoms with E-state index in [0.29, 0.717) is 0 Å². The summed E-state index contributed by atoms with van der Waals surface area (Å²) in [6.45, 7) is 4.11. The average molecular weight is 343 g/mol. The second-order valence-electron chi connectivity index (χ2n) is 5.95. The summed E-state index contributed by atoms with van der Waals surface area (Å²) in [6, 6.07) is 14.6. The number of benzene rings is 2. The highest BCUT2D eigenvalue weighted by atomic mass is 32.2. The molecule has 1 fully saturated rings. The molecule has 1 heterocycles. The first-order chi connectivity index (χ1) is 11.5. The van der Waals surface area contributed by atoms with Gasteiger partial charge >= 0.3 is 0 Å². The lowest BCUT2D eigenvalue weighted by molar-refractivity contribution is 0.584. The highest BCUT2D eigenvalue weighted by molar-refractivity contribution is 7.89.